The average Bonchev–Trinajstić information content (AvgIpc) is 2.47. The second-order valence-electron chi connectivity index (χ2n) is 6.57. The quantitative estimate of drug-likeness (QED) is 0.590. The van der Waals surface area contributed by atoms with E-state index in [1.54, 1.807) is 0 Å². The van der Waals surface area contributed by atoms with Crippen LogP contribution in [0.4, 0.5) is 0 Å². The fourth-order valence-electron chi connectivity index (χ4n) is 4.11. The fraction of sp³-hybridized carbons (Fsp3) is 0.722. The highest BCUT2D eigenvalue weighted by Gasteiger charge is 2.29. The van der Waals surface area contributed by atoms with E-state index in [1.165, 1.54) is 57.4 Å². The molecular formula is C18H28O2. The van der Waals surface area contributed by atoms with Gasteiger partial charge in [0.2, 0.25) is 0 Å². The number of carboxylic acid groups (broad SMARTS) is 1. The maximum atomic E-state index is 10.5. The Bertz CT molecular complexity index is 354. The van der Waals surface area contributed by atoms with Gasteiger partial charge in [0.1, 0.15) is 0 Å². The van der Waals surface area contributed by atoms with E-state index in [9.17, 15) is 4.79 Å². The minimum atomic E-state index is -0.811. The van der Waals surface area contributed by atoms with Crippen molar-refractivity contribution < 1.29 is 9.90 Å². The van der Waals surface area contributed by atoms with Gasteiger partial charge in [0, 0.05) is 6.08 Å². The molecule has 0 aromatic carbocycles. The van der Waals surface area contributed by atoms with Crippen LogP contribution >= 0.6 is 0 Å². The Kier molecular flexibility index (Phi) is 5.87. The minimum absolute atomic E-state index is 0.502. The number of aliphatic carboxylic acids is 1. The summed E-state index contributed by atoms with van der Waals surface area (Å²) in [6.45, 7) is 2.12. The van der Waals surface area contributed by atoms with E-state index < -0.39 is 5.97 Å². The van der Waals surface area contributed by atoms with Crippen molar-refractivity contribution in [3.8, 4) is 0 Å². The van der Waals surface area contributed by atoms with Crippen molar-refractivity contribution >= 4 is 5.97 Å². The van der Waals surface area contributed by atoms with Crippen LogP contribution in [0.25, 0.3) is 0 Å². The highest BCUT2D eigenvalue weighted by Crippen LogP contribution is 2.41. The summed E-state index contributed by atoms with van der Waals surface area (Å²) in [5, 5.41) is 8.68. The third-order valence-corrected chi connectivity index (χ3v) is 5.28. The molecule has 0 aromatic heterocycles. The Morgan fingerprint density at radius 3 is 1.70 bits per heavy atom. The maximum absolute atomic E-state index is 10.5. The van der Waals surface area contributed by atoms with E-state index in [4.69, 9.17) is 5.11 Å². The van der Waals surface area contributed by atoms with E-state index in [1.807, 2.05) is 6.08 Å². The first-order valence-corrected chi connectivity index (χ1v) is 8.23. The van der Waals surface area contributed by atoms with Gasteiger partial charge in [-0.05, 0) is 82.0 Å². The molecule has 0 amide bonds. The first-order valence-electron chi connectivity index (χ1n) is 8.23. The Morgan fingerprint density at radius 1 is 0.850 bits per heavy atom. The van der Waals surface area contributed by atoms with Crippen LogP contribution < -0.4 is 0 Å². The zero-order chi connectivity index (χ0) is 14.4. The highest BCUT2D eigenvalue weighted by atomic mass is 16.4. The Labute approximate surface area is 123 Å². The van der Waals surface area contributed by atoms with Crippen LogP contribution in [0, 0.1) is 23.7 Å². The van der Waals surface area contributed by atoms with Crippen molar-refractivity contribution in [3.05, 3.63) is 24.3 Å². The molecule has 2 saturated carbocycles. The van der Waals surface area contributed by atoms with Gasteiger partial charge in [0.15, 0.2) is 0 Å². The number of rotatable bonds is 4. The van der Waals surface area contributed by atoms with Gasteiger partial charge in [-0.25, -0.2) is 4.79 Å². The average molecular weight is 276 g/mol. The normalized spacial score (nSPS) is 35.6. The monoisotopic (exact) mass is 276 g/mol. The molecule has 0 heterocycles. The molecule has 0 aliphatic heterocycles. The predicted octanol–water partition coefficient (Wildman–Crippen LogP) is 4.82. The first kappa shape index (κ1) is 15.3. The molecule has 2 aliphatic carbocycles. The summed E-state index contributed by atoms with van der Waals surface area (Å²) in [6, 6.07) is 0. The summed E-state index contributed by atoms with van der Waals surface area (Å²) in [7, 11) is 0. The topological polar surface area (TPSA) is 37.3 Å². The summed E-state index contributed by atoms with van der Waals surface area (Å²) >= 11 is 0. The summed E-state index contributed by atoms with van der Waals surface area (Å²) in [5.41, 5.74) is 0. The van der Waals surface area contributed by atoms with Gasteiger partial charge in [-0.1, -0.05) is 18.2 Å². The molecule has 112 valence electrons. The minimum Gasteiger partial charge on any atom is -0.478 e. The molecule has 20 heavy (non-hydrogen) atoms. The van der Waals surface area contributed by atoms with Crippen LogP contribution in [-0.4, -0.2) is 11.1 Å². The fourth-order valence-corrected chi connectivity index (χ4v) is 4.11. The third kappa shape index (κ3) is 4.50. The number of carbonyl (C=O) groups is 1. The Morgan fingerprint density at radius 2 is 1.30 bits per heavy atom. The van der Waals surface area contributed by atoms with Crippen molar-refractivity contribution in [2.24, 2.45) is 23.7 Å². The molecule has 2 aliphatic rings. The molecule has 2 heteroatoms. The van der Waals surface area contributed by atoms with Crippen molar-refractivity contribution in [2.75, 3.05) is 0 Å². The lowest BCUT2D eigenvalue weighted by molar-refractivity contribution is -0.131. The van der Waals surface area contributed by atoms with Gasteiger partial charge in [0.25, 0.3) is 0 Å². The standard InChI is InChI=1S/C18H28O2/c1-2-3-14-4-9-16(10-5-14)17-11-6-15(7-12-17)8-13-18(19)20/h2-3,8,13-17H,4-7,9-12H2,1H3,(H,19,20)/b3-2+,13-8+/t14-,15?,16-,17?. The SMILES string of the molecule is C/C=C/[C@H]1CC[C@H](C2CCC(/C=C/C(=O)O)CC2)CC1. The van der Waals surface area contributed by atoms with E-state index in [0.717, 1.165) is 17.8 Å². The zero-order valence-electron chi connectivity index (χ0n) is 12.6. The summed E-state index contributed by atoms with van der Waals surface area (Å²) in [4.78, 5) is 10.5. The molecular weight excluding hydrogens is 248 g/mol. The lowest BCUT2D eigenvalue weighted by Gasteiger charge is -2.36. The van der Waals surface area contributed by atoms with Gasteiger partial charge < -0.3 is 5.11 Å². The molecule has 0 atom stereocenters. The van der Waals surface area contributed by atoms with Gasteiger partial charge in [-0.2, -0.15) is 0 Å². The van der Waals surface area contributed by atoms with E-state index in [0.29, 0.717) is 5.92 Å². The van der Waals surface area contributed by atoms with Gasteiger partial charge in [-0.3, -0.25) is 0 Å². The number of hydrogen-bond donors (Lipinski definition) is 1. The van der Waals surface area contributed by atoms with Gasteiger partial charge >= 0.3 is 5.97 Å². The molecule has 0 aromatic rings. The van der Waals surface area contributed by atoms with Crippen LogP contribution in [0.1, 0.15) is 58.3 Å². The number of hydrogen-bond acceptors (Lipinski definition) is 1. The van der Waals surface area contributed by atoms with Crippen LogP contribution in [-0.2, 0) is 4.79 Å². The predicted molar refractivity (Wildman–Crippen MR) is 82.5 cm³/mol. The molecule has 2 nitrogen and oxygen atoms in total. The van der Waals surface area contributed by atoms with Crippen LogP contribution in [0.5, 0.6) is 0 Å². The molecule has 0 unspecified atom stereocenters. The number of carboxylic acids is 1. The lowest BCUT2D eigenvalue weighted by Crippen LogP contribution is -2.25. The Balaban J connectivity index is 1.73. The largest absolute Gasteiger partial charge is 0.478 e. The third-order valence-electron chi connectivity index (χ3n) is 5.28. The maximum Gasteiger partial charge on any atom is 0.327 e. The smallest absolute Gasteiger partial charge is 0.327 e. The van der Waals surface area contributed by atoms with Crippen molar-refractivity contribution in [1.82, 2.24) is 0 Å². The lowest BCUT2D eigenvalue weighted by atomic mass is 9.69. The van der Waals surface area contributed by atoms with Crippen LogP contribution in [0.2, 0.25) is 0 Å². The summed E-state index contributed by atoms with van der Waals surface area (Å²) < 4.78 is 0. The van der Waals surface area contributed by atoms with Gasteiger partial charge in [0.05, 0.1) is 0 Å². The van der Waals surface area contributed by atoms with Crippen LogP contribution in [0.15, 0.2) is 24.3 Å². The molecule has 1 N–H and O–H groups in total. The number of allylic oxidation sites excluding steroid dienone is 3. The second kappa shape index (κ2) is 7.66. The van der Waals surface area contributed by atoms with E-state index >= 15 is 0 Å². The van der Waals surface area contributed by atoms with Crippen molar-refractivity contribution in [1.29, 1.82) is 0 Å². The van der Waals surface area contributed by atoms with Crippen LogP contribution in [0.3, 0.4) is 0 Å². The van der Waals surface area contributed by atoms with Crippen molar-refractivity contribution in [3.63, 3.8) is 0 Å². The molecule has 0 saturated heterocycles. The molecule has 0 bridgehead atoms. The molecule has 0 radical (unpaired) electrons. The molecule has 2 rings (SSSR count). The summed E-state index contributed by atoms with van der Waals surface area (Å²) in [6.07, 6.45) is 18.3. The summed E-state index contributed by atoms with van der Waals surface area (Å²) in [5.74, 6) is 2.35. The highest BCUT2D eigenvalue weighted by molar-refractivity contribution is 5.79. The zero-order valence-corrected chi connectivity index (χ0v) is 12.6. The molecule has 0 spiro atoms. The molecule has 2 fully saturated rings. The second-order valence-corrected chi connectivity index (χ2v) is 6.57. The van der Waals surface area contributed by atoms with Gasteiger partial charge in [-0.15, -0.1) is 0 Å². The van der Waals surface area contributed by atoms with E-state index in [-0.39, 0.29) is 0 Å². The first-order chi connectivity index (χ1) is 9.69. The van der Waals surface area contributed by atoms with Crippen molar-refractivity contribution in [2.45, 2.75) is 58.3 Å². The Hall–Kier alpha value is -1.05. The van der Waals surface area contributed by atoms with E-state index in [2.05, 4.69) is 19.1 Å².